The van der Waals surface area contributed by atoms with Crippen molar-refractivity contribution in [2.75, 3.05) is 39.4 Å². The molecule has 0 radical (unpaired) electrons. The van der Waals surface area contributed by atoms with Crippen LogP contribution in [0.4, 0.5) is 0 Å². The fourth-order valence-electron chi connectivity index (χ4n) is 4.75. The summed E-state index contributed by atoms with van der Waals surface area (Å²) in [6.45, 7) is 5.94. The molecule has 31 heavy (non-hydrogen) atoms. The first-order chi connectivity index (χ1) is 15.2. The van der Waals surface area contributed by atoms with Gasteiger partial charge in [0.2, 0.25) is 5.91 Å². The zero-order valence-corrected chi connectivity index (χ0v) is 18.2. The molecule has 6 heteroatoms. The topological polar surface area (TPSA) is 51.8 Å². The summed E-state index contributed by atoms with van der Waals surface area (Å²) < 4.78 is 7.62. The number of nitrogens with one attached hydrogen (secondary N) is 1. The minimum atomic E-state index is 0.0942. The highest BCUT2D eigenvalue weighted by Crippen LogP contribution is 2.48. The summed E-state index contributed by atoms with van der Waals surface area (Å²) in [6.07, 6.45) is 0.951. The minimum absolute atomic E-state index is 0.0942. The largest absolute Gasteiger partial charge is 0.370 e. The normalized spacial score (nSPS) is 21.3. The first-order valence-corrected chi connectivity index (χ1v) is 11.4. The summed E-state index contributed by atoms with van der Waals surface area (Å²) in [4.78, 5) is 21.9. The van der Waals surface area contributed by atoms with Crippen LogP contribution in [0.15, 0.2) is 54.6 Å². The summed E-state index contributed by atoms with van der Waals surface area (Å²) in [5.74, 6) is 1.67. The number of benzene rings is 2. The van der Waals surface area contributed by atoms with E-state index in [9.17, 15) is 4.79 Å². The number of nitrogens with zero attached hydrogens (tertiary/aromatic N) is 3. The molecule has 2 aromatic carbocycles. The molecule has 6 nitrogen and oxygen atoms in total. The van der Waals surface area contributed by atoms with E-state index in [1.807, 2.05) is 31.3 Å². The summed E-state index contributed by atoms with van der Waals surface area (Å²) in [5, 5.41) is 0. The van der Waals surface area contributed by atoms with E-state index in [2.05, 4.69) is 39.8 Å². The summed E-state index contributed by atoms with van der Waals surface area (Å²) in [7, 11) is 2.05. The molecule has 1 aliphatic carbocycles. The zero-order valence-electron chi connectivity index (χ0n) is 18.2. The number of para-hydroxylation sites is 2. The maximum atomic E-state index is 13.5. The quantitative estimate of drug-likeness (QED) is 0.633. The van der Waals surface area contributed by atoms with Crippen molar-refractivity contribution in [1.82, 2.24) is 14.5 Å². The van der Waals surface area contributed by atoms with Crippen LogP contribution in [0.1, 0.15) is 23.7 Å². The van der Waals surface area contributed by atoms with Gasteiger partial charge in [-0.25, -0.2) is 4.98 Å². The first kappa shape index (κ1) is 20.2. The second-order valence-corrected chi connectivity index (χ2v) is 8.81. The monoisotopic (exact) mass is 419 g/mol. The lowest BCUT2D eigenvalue weighted by Gasteiger charge is -2.28. The Kier molecular flexibility index (Phi) is 5.74. The fourth-order valence-corrected chi connectivity index (χ4v) is 4.75. The van der Waals surface area contributed by atoms with Crippen LogP contribution in [-0.2, 0) is 23.1 Å². The average molecular weight is 420 g/mol. The molecule has 2 aliphatic rings. The molecule has 2 fully saturated rings. The maximum absolute atomic E-state index is 13.5. The van der Waals surface area contributed by atoms with E-state index in [4.69, 9.17) is 9.72 Å². The maximum Gasteiger partial charge on any atom is 0.226 e. The molecule has 1 amide bonds. The molecular weight excluding hydrogens is 388 g/mol. The highest BCUT2D eigenvalue weighted by atomic mass is 16.5. The van der Waals surface area contributed by atoms with Crippen molar-refractivity contribution in [1.29, 1.82) is 0 Å². The number of rotatable bonds is 7. The molecule has 162 valence electrons. The van der Waals surface area contributed by atoms with Gasteiger partial charge in [-0.05, 0) is 30.0 Å². The van der Waals surface area contributed by atoms with Gasteiger partial charge in [-0.1, -0.05) is 42.5 Å². The second kappa shape index (κ2) is 8.81. The van der Waals surface area contributed by atoms with Crippen molar-refractivity contribution < 1.29 is 14.4 Å². The lowest BCUT2D eigenvalue weighted by Crippen LogP contribution is -3.14. The van der Waals surface area contributed by atoms with Crippen LogP contribution < -0.4 is 4.90 Å². The van der Waals surface area contributed by atoms with Gasteiger partial charge in [-0.2, -0.15) is 0 Å². The molecule has 1 aromatic heterocycles. The Hall–Kier alpha value is -2.70. The van der Waals surface area contributed by atoms with Crippen molar-refractivity contribution in [2.45, 2.75) is 18.9 Å². The summed E-state index contributed by atoms with van der Waals surface area (Å²) >= 11 is 0. The third kappa shape index (κ3) is 4.36. The first-order valence-electron chi connectivity index (χ1n) is 11.4. The van der Waals surface area contributed by atoms with Gasteiger partial charge in [0.05, 0.1) is 43.9 Å². The van der Waals surface area contributed by atoms with E-state index in [1.165, 1.54) is 10.5 Å². The number of aromatic nitrogens is 2. The van der Waals surface area contributed by atoms with Crippen LogP contribution >= 0.6 is 0 Å². The highest BCUT2D eigenvalue weighted by molar-refractivity contribution is 5.83. The van der Waals surface area contributed by atoms with E-state index < -0.39 is 0 Å². The molecular formula is C25H31N4O2+. The van der Waals surface area contributed by atoms with Crippen molar-refractivity contribution >= 4 is 16.9 Å². The number of fused-ring (bicyclic) bond motifs is 1. The Labute approximate surface area is 183 Å². The van der Waals surface area contributed by atoms with Crippen molar-refractivity contribution in [2.24, 2.45) is 13.0 Å². The Morgan fingerprint density at radius 1 is 1.13 bits per heavy atom. The number of quaternary nitrogens is 1. The molecule has 1 saturated carbocycles. The summed E-state index contributed by atoms with van der Waals surface area (Å²) in [5.41, 5.74) is 3.37. The zero-order chi connectivity index (χ0) is 21.2. The van der Waals surface area contributed by atoms with Crippen LogP contribution in [0.3, 0.4) is 0 Å². The molecule has 2 atom stereocenters. The van der Waals surface area contributed by atoms with Crippen LogP contribution in [0, 0.1) is 5.92 Å². The average Bonchev–Trinajstić information content (AvgIpc) is 3.56. The number of carbonyl (C=O) groups is 1. The van der Waals surface area contributed by atoms with Crippen LogP contribution in [0.2, 0.25) is 0 Å². The molecule has 1 N–H and O–H groups in total. The highest BCUT2D eigenvalue weighted by Gasteiger charge is 2.46. The predicted octanol–water partition coefficient (Wildman–Crippen LogP) is 1.62. The van der Waals surface area contributed by atoms with Gasteiger partial charge in [0.1, 0.15) is 18.9 Å². The van der Waals surface area contributed by atoms with E-state index in [-0.39, 0.29) is 11.8 Å². The van der Waals surface area contributed by atoms with Crippen LogP contribution in [-0.4, -0.2) is 59.8 Å². The van der Waals surface area contributed by atoms with Crippen molar-refractivity contribution in [3.05, 3.63) is 66.0 Å². The van der Waals surface area contributed by atoms with Gasteiger partial charge in [0, 0.05) is 13.0 Å². The van der Waals surface area contributed by atoms with Gasteiger partial charge in [-0.15, -0.1) is 0 Å². The lowest BCUT2D eigenvalue weighted by molar-refractivity contribution is -0.907. The molecule has 5 rings (SSSR count). The number of hydrogen-bond donors (Lipinski definition) is 1. The SMILES string of the molecule is Cn1c(CN(CC[NH+]2CCOCC2)C(=O)[C@H]2C[C@H]2c2ccccc2)nc2ccccc21. The number of imidazole rings is 1. The second-order valence-electron chi connectivity index (χ2n) is 8.81. The van der Waals surface area contributed by atoms with Gasteiger partial charge in [0.15, 0.2) is 0 Å². The van der Waals surface area contributed by atoms with Crippen LogP contribution in [0.5, 0.6) is 0 Å². The molecule has 0 unspecified atom stereocenters. The van der Waals surface area contributed by atoms with Gasteiger partial charge in [0.25, 0.3) is 0 Å². The number of carbonyl (C=O) groups excluding carboxylic acids is 1. The molecule has 1 saturated heterocycles. The number of hydrogen-bond acceptors (Lipinski definition) is 3. The standard InChI is InChI=1S/C25H30N4O2/c1-27-23-10-6-5-9-22(23)26-24(27)18-29(12-11-28-13-15-31-16-14-28)25(30)21-17-20(21)19-7-3-2-4-8-19/h2-10,20-21H,11-18H2,1H3/p+1/t20-,21-/m0/s1. The Morgan fingerprint density at radius 3 is 2.65 bits per heavy atom. The molecule has 1 aliphatic heterocycles. The third-order valence-electron chi connectivity index (χ3n) is 6.79. The number of ether oxygens (including phenoxy) is 1. The van der Waals surface area contributed by atoms with Gasteiger partial charge < -0.3 is 19.1 Å². The number of aryl methyl sites for hydroxylation is 1. The Bertz CT molecular complexity index is 1040. The van der Waals surface area contributed by atoms with E-state index >= 15 is 0 Å². The smallest absolute Gasteiger partial charge is 0.226 e. The van der Waals surface area contributed by atoms with Crippen molar-refractivity contribution in [3.63, 3.8) is 0 Å². The Balaban J connectivity index is 1.33. The number of amides is 1. The van der Waals surface area contributed by atoms with E-state index in [1.54, 1.807) is 0 Å². The van der Waals surface area contributed by atoms with Gasteiger partial charge >= 0.3 is 0 Å². The fraction of sp³-hybridized carbons (Fsp3) is 0.440. The molecule has 3 aromatic rings. The van der Waals surface area contributed by atoms with Crippen LogP contribution in [0.25, 0.3) is 11.0 Å². The van der Waals surface area contributed by atoms with E-state index in [0.29, 0.717) is 12.5 Å². The van der Waals surface area contributed by atoms with E-state index in [0.717, 1.165) is 62.7 Å². The number of morpholine rings is 1. The molecule has 0 bridgehead atoms. The predicted molar refractivity (Wildman–Crippen MR) is 120 cm³/mol. The Morgan fingerprint density at radius 2 is 1.87 bits per heavy atom. The molecule has 2 heterocycles. The molecule has 0 spiro atoms. The van der Waals surface area contributed by atoms with Gasteiger partial charge in [-0.3, -0.25) is 4.79 Å². The van der Waals surface area contributed by atoms with Crippen molar-refractivity contribution in [3.8, 4) is 0 Å². The summed E-state index contributed by atoms with van der Waals surface area (Å²) in [6, 6.07) is 18.6. The third-order valence-corrected chi connectivity index (χ3v) is 6.79. The minimum Gasteiger partial charge on any atom is -0.370 e. The lowest BCUT2D eigenvalue weighted by atomic mass is 10.1.